The highest BCUT2D eigenvalue weighted by Crippen LogP contribution is 2.38. The number of ether oxygens (including phenoxy) is 3. The standard InChI is InChI=1S/C22H22O10/c1-22(28)9-14(25)17(26)21(32-22)31-20-18(27)16-13(24)7-12(29-2)8-15(16)30-19(20)10-3-5-11(23)6-4-10/h3-8,14,17,21,23-26,28H,9H2,1-2H3/t14-,17-,21-,22+/m1/s1. The first-order chi connectivity index (χ1) is 15.1. The second-order valence-electron chi connectivity index (χ2n) is 7.70. The fraction of sp³-hybridized carbons (Fsp3) is 0.318. The predicted molar refractivity (Wildman–Crippen MR) is 111 cm³/mol. The van der Waals surface area contributed by atoms with E-state index in [2.05, 4.69) is 0 Å². The summed E-state index contributed by atoms with van der Waals surface area (Å²) in [6.45, 7) is 1.28. The maximum Gasteiger partial charge on any atom is 0.239 e. The summed E-state index contributed by atoms with van der Waals surface area (Å²) in [5.74, 6) is -2.55. The number of phenols is 2. The highest BCUT2D eigenvalue weighted by Gasteiger charge is 2.44. The Bertz CT molecular complexity index is 1200. The Labute approximate surface area is 181 Å². The Morgan fingerprint density at radius 3 is 2.47 bits per heavy atom. The first-order valence-electron chi connectivity index (χ1n) is 9.70. The van der Waals surface area contributed by atoms with Gasteiger partial charge in [-0.2, -0.15) is 0 Å². The van der Waals surface area contributed by atoms with Crippen molar-refractivity contribution in [1.82, 2.24) is 0 Å². The lowest BCUT2D eigenvalue weighted by molar-refractivity contribution is -0.332. The zero-order valence-corrected chi connectivity index (χ0v) is 17.2. The van der Waals surface area contributed by atoms with E-state index in [0.717, 1.165) is 0 Å². The second kappa shape index (κ2) is 7.99. The van der Waals surface area contributed by atoms with Gasteiger partial charge in [0.1, 0.15) is 34.3 Å². The van der Waals surface area contributed by atoms with E-state index < -0.39 is 41.2 Å². The van der Waals surface area contributed by atoms with Crippen molar-refractivity contribution in [3.05, 3.63) is 46.6 Å². The zero-order chi connectivity index (χ0) is 23.2. The van der Waals surface area contributed by atoms with Gasteiger partial charge in [0.05, 0.1) is 13.2 Å². The van der Waals surface area contributed by atoms with Crippen LogP contribution >= 0.6 is 0 Å². The van der Waals surface area contributed by atoms with Crippen LogP contribution in [0, 0.1) is 0 Å². The molecule has 0 spiro atoms. The molecule has 1 saturated heterocycles. The monoisotopic (exact) mass is 446 g/mol. The van der Waals surface area contributed by atoms with E-state index in [4.69, 9.17) is 18.6 Å². The molecule has 5 N–H and O–H groups in total. The minimum atomic E-state index is -1.82. The van der Waals surface area contributed by atoms with Crippen molar-refractivity contribution >= 4 is 11.0 Å². The van der Waals surface area contributed by atoms with E-state index in [0.29, 0.717) is 5.56 Å². The molecule has 0 bridgehead atoms. The van der Waals surface area contributed by atoms with Crippen LogP contribution in [-0.2, 0) is 4.74 Å². The summed E-state index contributed by atoms with van der Waals surface area (Å²) in [4.78, 5) is 13.3. The molecule has 2 heterocycles. The zero-order valence-electron chi connectivity index (χ0n) is 17.2. The number of hydrogen-bond acceptors (Lipinski definition) is 10. The van der Waals surface area contributed by atoms with Crippen molar-refractivity contribution in [2.45, 2.75) is 37.6 Å². The molecule has 4 rings (SSSR count). The molecule has 0 amide bonds. The normalized spacial score (nSPS) is 25.6. The van der Waals surface area contributed by atoms with Crippen LogP contribution in [-0.4, -0.2) is 56.9 Å². The van der Waals surface area contributed by atoms with E-state index in [1.165, 1.54) is 50.4 Å². The van der Waals surface area contributed by atoms with Gasteiger partial charge >= 0.3 is 0 Å². The number of hydrogen-bond donors (Lipinski definition) is 5. The summed E-state index contributed by atoms with van der Waals surface area (Å²) in [6.07, 6.45) is -4.86. The lowest BCUT2D eigenvalue weighted by atomic mass is 10.0. The first kappa shape index (κ1) is 21.9. The van der Waals surface area contributed by atoms with Crippen LogP contribution in [0.5, 0.6) is 23.0 Å². The van der Waals surface area contributed by atoms with E-state index in [9.17, 15) is 30.3 Å². The third kappa shape index (κ3) is 3.96. The van der Waals surface area contributed by atoms with E-state index >= 15 is 0 Å². The van der Waals surface area contributed by atoms with Crippen molar-refractivity contribution in [3.63, 3.8) is 0 Å². The number of aromatic hydroxyl groups is 2. The van der Waals surface area contributed by atoms with E-state index in [1.54, 1.807) is 0 Å². The van der Waals surface area contributed by atoms with Gasteiger partial charge in [0.15, 0.2) is 11.5 Å². The summed E-state index contributed by atoms with van der Waals surface area (Å²) in [5, 5.41) is 50.4. The molecule has 4 atom stereocenters. The lowest BCUT2D eigenvalue weighted by Crippen LogP contribution is -2.55. The van der Waals surface area contributed by atoms with Gasteiger partial charge in [-0.3, -0.25) is 4.79 Å². The van der Waals surface area contributed by atoms with Crippen LogP contribution in [0.2, 0.25) is 0 Å². The largest absolute Gasteiger partial charge is 0.508 e. The van der Waals surface area contributed by atoms with E-state index in [-0.39, 0.29) is 34.6 Å². The number of aliphatic hydroxyl groups is 3. The second-order valence-corrected chi connectivity index (χ2v) is 7.70. The first-order valence-corrected chi connectivity index (χ1v) is 9.70. The van der Waals surface area contributed by atoms with Gasteiger partial charge in [-0.1, -0.05) is 0 Å². The summed E-state index contributed by atoms with van der Waals surface area (Å²) in [5.41, 5.74) is -0.457. The van der Waals surface area contributed by atoms with Crippen LogP contribution in [0.15, 0.2) is 45.6 Å². The Balaban J connectivity index is 1.92. The summed E-state index contributed by atoms with van der Waals surface area (Å²) in [6, 6.07) is 8.30. The van der Waals surface area contributed by atoms with Crippen molar-refractivity contribution in [1.29, 1.82) is 0 Å². The van der Waals surface area contributed by atoms with Gasteiger partial charge in [-0.25, -0.2) is 0 Å². The third-order valence-electron chi connectivity index (χ3n) is 5.14. The average Bonchev–Trinajstić information content (AvgIpc) is 2.73. The Morgan fingerprint density at radius 1 is 1.12 bits per heavy atom. The molecule has 1 aromatic heterocycles. The van der Waals surface area contributed by atoms with Crippen molar-refractivity contribution in [3.8, 4) is 34.3 Å². The van der Waals surface area contributed by atoms with Gasteiger partial charge in [-0.05, 0) is 31.2 Å². The summed E-state index contributed by atoms with van der Waals surface area (Å²) < 4.78 is 21.9. The number of methoxy groups -OCH3 is 1. The molecule has 170 valence electrons. The molecule has 1 fully saturated rings. The van der Waals surface area contributed by atoms with Crippen LogP contribution in [0.3, 0.4) is 0 Å². The third-order valence-corrected chi connectivity index (χ3v) is 5.14. The molecular weight excluding hydrogens is 424 g/mol. The molecule has 32 heavy (non-hydrogen) atoms. The fourth-order valence-corrected chi connectivity index (χ4v) is 3.55. The SMILES string of the molecule is COc1cc(O)c2c(=O)c(O[C@@H]3O[C@](C)(O)C[C@@H](O)[C@H]3O)c(-c3ccc(O)cc3)oc2c1. The Morgan fingerprint density at radius 2 is 1.81 bits per heavy atom. The molecule has 0 unspecified atom stereocenters. The Hall–Kier alpha value is -3.31. The Kier molecular flexibility index (Phi) is 5.47. The van der Waals surface area contributed by atoms with Crippen molar-refractivity contribution in [2.75, 3.05) is 7.11 Å². The molecular formula is C22H22O10. The van der Waals surface area contributed by atoms with Crippen molar-refractivity contribution in [2.24, 2.45) is 0 Å². The maximum absolute atomic E-state index is 13.3. The molecule has 1 aliphatic rings. The minimum Gasteiger partial charge on any atom is -0.508 e. The summed E-state index contributed by atoms with van der Waals surface area (Å²) in [7, 11) is 1.39. The maximum atomic E-state index is 13.3. The van der Waals surface area contributed by atoms with Crippen LogP contribution in [0.4, 0.5) is 0 Å². The number of phenolic OH excluding ortho intramolecular Hbond substituents is 2. The molecule has 1 aliphatic heterocycles. The van der Waals surface area contributed by atoms with Gasteiger partial charge < -0.3 is 44.2 Å². The van der Waals surface area contributed by atoms with Crippen LogP contribution in [0.25, 0.3) is 22.3 Å². The average molecular weight is 446 g/mol. The molecule has 0 saturated carbocycles. The summed E-state index contributed by atoms with van der Waals surface area (Å²) >= 11 is 0. The molecule has 10 heteroatoms. The van der Waals surface area contributed by atoms with Gasteiger partial charge in [0.25, 0.3) is 0 Å². The quantitative estimate of drug-likeness (QED) is 0.397. The number of benzene rings is 2. The van der Waals surface area contributed by atoms with Gasteiger partial charge in [0, 0.05) is 24.1 Å². The predicted octanol–water partition coefficient (Wildman–Crippen LogP) is 1.44. The van der Waals surface area contributed by atoms with E-state index in [1.807, 2.05) is 0 Å². The topological polar surface area (TPSA) is 159 Å². The smallest absolute Gasteiger partial charge is 0.239 e. The number of fused-ring (bicyclic) bond motifs is 1. The van der Waals surface area contributed by atoms with Crippen molar-refractivity contribution < 1.29 is 44.2 Å². The molecule has 10 nitrogen and oxygen atoms in total. The van der Waals surface area contributed by atoms with Gasteiger partial charge in [0.2, 0.25) is 17.5 Å². The molecule has 0 radical (unpaired) electrons. The molecule has 2 aromatic carbocycles. The lowest BCUT2D eigenvalue weighted by Gasteiger charge is -2.40. The minimum absolute atomic E-state index is 0.000540. The number of rotatable bonds is 4. The number of aliphatic hydroxyl groups excluding tert-OH is 2. The highest BCUT2D eigenvalue weighted by atomic mass is 16.8. The molecule has 0 aliphatic carbocycles. The molecule has 3 aromatic rings. The van der Waals surface area contributed by atoms with Gasteiger partial charge in [-0.15, -0.1) is 0 Å². The van der Waals surface area contributed by atoms with Crippen LogP contribution in [0.1, 0.15) is 13.3 Å². The fourth-order valence-electron chi connectivity index (χ4n) is 3.55. The highest BCUT2D eigenvalue weighted by molar-refractivity contribution is 5.88. The van der Waals surface area contributed by atoms with Crippen LogP contribution < -0.4 is 14.9 Å².